The molecule has 1 N–H and O–H groups in total. The highest BCUT2D eigenvalue weighted by Gasteiger charge is 2.47. The van der Waals surface area contributed by atoms with Crippen LogP contribution < -0.4 is 10.1 Å². The summed E-state index contributed by atoms with van der Waals surface area (Å²) in [6.07, 6.45) is 4.56. The molecule has 0 spiro atoms. The average Bonchev–Trinajstić information content (AvgIpc) is 3.77. The Bertz CT molecular complexity index is 1120. The number of para-hydroxylation sites is 1. The molecule has 1 heterocycles. The van der Waals surface area contributed by atoms with E-state index in [-0.39, 0.29) is 23.7 Å². The quantitative estimate of drug-likeness (QED) is 0.527. The van der Waals surface area contributed by atoms with Crippen molar-refractivity contribution in [3.8, 4) is 5.75 Å². The number of hydrogen-bond acceptors (Lipinski definition) is 4. The first-order valence-corrected chi connectivity index (χ1v) is 11.5. The molecule has 2 saturated carbocycles. The molecule has 33 heavy (non-hydrogen) atoms. The number of furan rings is 1. The van der Waals surface area contributed by atoms with Gasteiger partial charge >= 0.3 is 0 Å². The van der Waals surface area contributed by atoms with Gasteiger partial charge in [-0.2, -0.15) is 0 Å². The predicted molar refractivity (Wildman–Crippen MR) is 124 cm³/mol. The van der Waals surface area contributed by atoms with Crippen molar-refractivity contribution < 1.29 is 18.7 Å². The van der Waals surface area contributed by atoms with Crippen molar-refractivity contribution in [2.45, 2.75) is 44.3 Å². The van der Waals surface area contributed by atoms with Crippen LogP contribution in [0.4, 0.5) is 0 Å². The maximum absolute atomic E-state index is 13.5. The van der Waals surface area contributed by atoms with E-state index in [0.717, 1.165) is 41.9 Å². The van der Waals surface area contributed by atoms with Crippen LogP contribution in [0.15, 0.2) is 71.3 Å². The van der Waals surface area contributed by atoms with Crippen LogP contribution in [-0.4, -0.2) is 29.9 Å². The topological polar surface area (TPSA) is 71.8 Å². The highest BCUT2D eigenvalue weighted by atomic mass is 16.5. The maximum atomic E-state index is 13.5. The van der Waals surface area contributed by atoms with Crippen molar-refractivity contribution in [3.63, 3.8) is 0 Å². The van der Waals surface area contributed by atoms with E-state index < -0.39 is 0 Å². The number of rotatable bonds is 9. The third-order valence-corrected chi connectivity index (χ3v) is 6.39. The van der Waals surface area contributed by atoms with E-state index in [4.69, 9.17) is 9.15 Å². The Hall–Kier alpha value is -3.54. The second-order valence-corrected chi connectivity index (χ2v) is 8.91. The van der Waals surface area contributed by atoms with Crippen LogP contribution in [0, 0.1) is 5.92 Å². The molecule has 6 heteroatoms. The molecule has 2 aromatic carbocycles. The fraction of sp³-hybridized carbons (Fsp3) is 0.333. The van der Waals surface area contributed by atoms with Gasteiger partial charge in [0.15, 0.2) is 0 Å². The number of amides is 2. The lowest BCUT2D eigenvalue weighted by molar-refractivity contribution is -0.134. The van der Waals surface area contributed by atoms with Crippen LogP contribution in [0.1, 0.15) is 52.4 Å². The van der Waals surface area contributed by atoms with Gasteiger partial charge in [-0.3, -0.25) is 9.59 Å². The summed E-state index contributed by atoms with van der Waals surface area (Å²) < 4.78 is 11.0. The minimum atomic E-state index is -0.0696. The summed E-state index contributed by atoms with van der Waals surface area (Å²) in [5.74, 6) is 1.75. The van der Waals surface area contributed by atoms with Crippen molar-refractivity contribution >= 4 is 11.8 Å². The molecule has 0 bridgehead atoms. The Balaban J connectivity index is 1.30. The van der Waals surface area contributed by atoms with E-state index in [2.05, 4.69) is 5.32 Å². The van der Waals surface area contributed by atoms with Crippen LogP contribution in [0.5, 0.6) is 5.75 Å². The standard InChI is InChI=1S/C27H28N2O4/c1-32-25-7-3-2-6-22(25)23-15-24(23)27(31)29(17-21-5-4-14-33-21)16-18-8-10-19(11-9-18)26(30)28-20-12-13-20/h2-11,14,20,23-24H,12-13,15-17H2,1H3,(H,28,30)/t23-,24-/m0/s1. The van der Waals surface area contributed by atoms with E-state index in [1.165, 1.54) is 0 Å². The molecule has 2 aliphatic rings. The largest absolute Gasteiger partial charge is 0.496 e. The summed E-state index contributed by atoms with van der Waals surface area (Å²) in [4.78, 5) is 27.6. The van der Waals surface area contributed by atoms with Gasteiger partial charge in [0.25, 0.3) is 5.91 Å². The fourth-order valence-corrected chi connectivity index (χ4v) is 4.30. The minimum absolute atomic E-state index is 0.0369. The van der Waals surface area contributed by atoms with Gasteiger partial charge in [0.1, 0.15) is 11.5 Å². The van der Waals surface area contributed by atoms with E-state index in [9.17, 15) is 9.59 Å². The SMILES string of the molecule is COc1ccccc1[C@@H]1C[C@@H]1C(=O)N(Cc1ccc(C(=O)NC2CC2)cc1)Cc1ccco1. The van der Waals surface area contributed by atoms with Gasteiger partial charge in [0.2, 0.25) is 5.91 Å². The molecule has 0 unspecified atom stereocenters. The summed E-state index contributed by atoms with van der Waals surface area (Å²) in [6.45, 7) is 0.865. The monoisotopic (exact) mass is 444 g/mol. The molecule has 170 valence electrons. The zero-order valence-corrected chi connectivity index (χ0v) is 18.7. The summed E-state index contributed by atoms with van der Waals surface area (Å²) in [5, 5.41) is 3.01. The van der Waals surface area contributed by atoms with Crippen LogP contribution in [0.25, 0.3) is 0 Å². The molecule has 3 aromatic rings. The highest BCUT2D eigenvalue weighted by Crippen LogP contribution is 2.51. The first-order chi connectivity index (χ1) is 16.1. The Kier molecular flexibility index (Phi) is 5.90. The van der Waals surface area contributed by atoms with Crippen molar-refractivity contribution in [3.05, 3.63) is 89.4 Å². The average molecular weight is 445 g/mol. The number of carbonyl (C=O) groups is 2. The van der Waals surface area contributed by atoms with Gasteiger partial charge < -0.3 is 19.4 Å². The molecule has 2 aliphatic carbocycles. The first kappa shape index (κ1) is 21.3. The Morgan fingerprint density at radius 2 is 1.82 bits per heavy atom. The number of nitrogens with one attached hydrogen (secondary N) is 1. The second-order valence-electron chi connectivity index (χ2n) is 8.91. The molecule has 2 fully saturated rings. The van der Waals surface area contributed by atoms with Crippen LogP contribution >= 0.6 is 0 Å². The summed E-state index contributed by atoms with van der Waals surface area (Å²) >= 11 is 0. The molecular formula is C27H28N2O4. The van der Waals surface area contributed by atoms with E-state index in [1.54, 1.807) is 13.4 Å². The Morgan fingerprint density at radius 1 is 1.03 bits per heavy atom. The van der Waals surface area contributed by atoms with E-state index in [0.29, 0.717) is 24.7 Å². The number of benzene rings is 2. The third-order valence-electron chi connectivity index (χ3n) is 6.39. The summed E-state index contributed by atoms with van der Waals surface area (Å²) in [6, 6.07) is 19.5. The molecule has 0 radical (unpaired) electrons. The van der Waals surface area contributed by atoms with Gasteiger partial charge in [-0.1, -0.05) is 30.3 Å². The molecule has 0 saturated heterocycles. The molecule has 0 aliphatic heterocycles. The maximum Gasteiger partial charge on any atom is 0.251 e. The van der Waals surface area contributed by atoms with Crippen molar-refractivity contribution in [1.29, 1.82) is 0 Å². The third kappa shape index (κ3) is 4.95. The van der Waals surface area contributed by atoms with Gasteiger partial charge in [0.05, 0.1) is 19.9 Å². The molecule has 6 nitrogen and oxygen atoms in total. The molecular weight excluding hydrogens is 416 g/mol. The second kappa shape index (κ2) is 9.14. The zero-order chi connectivity index (χ0) is 22.8. The van der Waals surface area contributed by atoms with Crippen LogP contribution in [0.2, 0.25) is 0 Å². The number of ether oxygens (including phenoxy) is 1. The molecule has 2 amide bonds. The van der Waals surface area contributed by atoms with Crippen molar-refractivity contribution in [1.82, 2.24) is 10.2 Å². The van der Waals surface area contributed by atoms with Crippen molar-refractivity contribution in [2.75, 3.05) is 7.11 Å². The highest BCUT2D eigenvalue weighted by molar-refractivity contribution is 5.94. The Morgan fingerprint density at radius 3 is 2.52 bits per heavy atom. The lowest BCUT2D eigenvalue weighted by Crippen LogP contribution is -2.31. The van der Waals surface area contributed by atoms with Gasteiger partial charge in [-0.15, -0.1) is 0 Å². The fourth-order valence-electron chi connectivity index (χ4n) is 4.30. The summed E-state index contributed by atoms with van der Waals surface area (Å²) in [7, 11) is 1.66. The van der Waals surface area contributed by atoms with Gasteiger partial charge in [0, 0.05) is 24.1 Å². The zero-order valence-electron chi connectivity index (χ0n) is 18.7. The normalized spacial score (nSPS) is 19.1. The first-order valence-electron chi connectivity index (χ1n) is 11.5. The number of nitrogens with zero attached hydrogens (tertiary/aromatic N) is 1. The molecule has 1 aromatic heterocycles. The lowest BCUT2D eigenvalue weighted by Gasteiger charge is -2.22. The molecule has 5 rings (SSSR count). The Labute approximate surface area is 193 Å². The minimum Gasteiger partial charge on any atom is -0.496 e. The number of hydrogen-bond donors (Lipinski definition) is 1. The lowest BCUT2D eigenvalue weighted by atomic mass is 10.1. The number of carbonyl (C=O) groups excluding carboxylic acids is 2. The smallest absolute Gasteiger partial charge is 0.251 e. The van der Waals surface area contributed by atoms with E-state index >= 15 is 0 Å². The van der Waals surface area contributed by atoms with Crippen molar-refractivity contribution in [2.24, 2.45) is 5.92 Å². The van der Waals surface area contributed by atoms with Crippen LogP contribution in [-0.2, 0) is 17.9 Å². The van der Waals surface area contributed by atoms with Gasteiger partial charge in [-0.25, -0.2) is 0 Å². The molecule has 2 atom stereocenters. The predicted octanol–water partition coefficient (Wildman–Crippen LogP) is 4.51. The summed E-state index contributed by atoms with van der Waals surface area (Å²) in [5.41, 5.74) is 2.71. The van der Waals surface area contributed by atoms with E-state index in [1.807, 2.05) is 65.6 Å². The number of methoxy groups -OCH3 is 1. The van der Waals surface area contributed by atoms with Crippen LogP contribution in [0.3, 0.4) is 0 Å². The van der Waals surface area contributed by atoms with Gasteiger partial charge in [-0.05, 0) is 66.6 Å².